The van der Waals surface area contributed by atoms with Crippen LogP contribution in [0.3, 0.4) is 0 Å². The molecule has 1 fully saturated rings. The summed E-state index contributed by atoms with van der Waals surface area (Å²) in [6.07, 6.45) is 0.217. The Hall–Kier alpha value is -3.22. The smallest absolute Gasteiger partial charge is 0.227 e. The highest BCUT2D eigenvalue weighted by Crippen LogP contribution is 2.35. The van der Waals surface area contributed by atoms with Gasteiger partial charge in [0.05, 0.1) is 5.92 Å². The highest BCUT2D eigenvalue weighted by Gasteiger charge is 2.35. The van der Waals surface area contributed by atoms with Crippen molar-refractivity contribution in [2.45, 2.75) is 6.42 Å². The van der Waals surface area contributed by atoms with Gasteiger partial charge < -0.3 is 24.6 Å². The molecule has 1 atom stereocenters. The van der Waals surface area contributed by atoms with Crippen molar-refractivity contribution in [1.82, 2.24) is 5.32 Å². The number of para-hydroxylation sites is 1. The van der Waals surface area contributed by atoms with Gasteiger partial charge in [0, 0.05) is 50.5 Å². The number of benzene rings is 2. The van der Waals surface area contributed by atoms with Gasteiger partial charge >= 0.3 is 0 Å². The van der Waals surface area contributed by atoms with Gasteiger partial charge in [-0.2, -0.15) is 0 Å². The number of anilines is 2. The number of likely N-dealkylation sites (N-methyl/N-ethyl adjacent to an activating group) is 1. The molecule has 2 aliphatic rings. The normalized spacial score (nSPS) is 17.9. The quantitative estimate of drug-likeness (QED) is 0.811. The van der Waals surface area contributed by atoms with E-state index < -0.39 is 0 Å². The molecule has 2 amide bonds. The molecule has 1 saturated heterocycles. The minimum absolute atomic E-state index is 0.0526. The maximum Gasteiger partial charge on any atom is 0.227 e. The van der Waals surface area contributed by atoms with Crippen LogP contribution in [0.4, 0.5) is 11.4 Å². The number of rotatable bonds is 6. The lowest BCUT2D eigenvalue weighted by atomic mass is 10.1. The average molecular weight is 395 g/mol. The lowest BCUT2D eigenvalue weighted by Gasteiger charge is -2.22. The Morgan fingerprint density at radius 1 is 1.14 bits per heavy atom. The van der Waals surface area contributed by atoms with E-state index in [9.17, 15) is 9.59 Å². The fourth-order valence-corrected chi connectivity index (χ4v) is 3.64. The maximum atomic E-state index is 12.6. The molecular formula is C22H25N3O4. The minimum Gasteiger partial charge on any atom is -0.486 e. The van der Waals surface area contributed by atoms with Crippen LogP contribution in [0.15, 0.2) is 48.5 Å². The summed E-state index contributed by atoms with van der Waals surface area (Å²) in [6.45, 7) is 2.61. The van der Waals surface area contributed by atoms with Gasteiger partial charge in [-0.1, -0.05) is 18.2 Å². The second-order valence-corrected chi connectivity index (χ2v) is 7.28. The number of ether oxygens (including phenoxy) is 2. The third kappa shape index (κ3) is 4.29. The number of carbonyl (C=O) groups excluding carboxylic acids is 2. The molecule has 152 valence electrons. The summed E-state index contributed by atoms with van der Waals surface area (Å²) >= 11 is 0. The summed E-state index contributed by atoms with van der Waals surface area (Å²) < 4.78 is 11.1. The van der Waals surface area contributed by atoms with Crippen molar-refractivity contribution in [2.75, 3.05) is 49.7 Å². The molecule has 29 heavy (non-hydrogen) atoms. The van der Waals surface area contributed by atoms with Crippen LogP contribution in [0.2, 0.25) is 0 Å². The summed E-state index contributed by atoms with van der Waals surface area (Å²) in [5.41, 5.74) is 1.83. The van der Waals surface area contributed by atoms with Crippen LogP contribution in [0.1, 0.15) is 6.42 Å². The van der Waals surface area contributed by atoms with Crippen LogP contribution < -0.4 is 24.6 Å². The Bertz CT molecular complexity index is 887. The number of amides is 2. The molecule has 0 aliphatic carbocycles. The third-order valence-corrected chi connectivity index (χ3v) is 5.28. The van der Waals surface area contributed by atoms with E-state index in [-0.39, 0.29) is 24.2 Å². The van der Waals surface area contributed by atoms with Gasteiger partial charge in [-0.25, -0.2) is 0 Å². The fraction of sp³-hybridized carbons (Fsp3) is 0.364. The van der Waals surface area contributed by atoms with Crippen LogP contribution in [0.5, 0.6) is 11.5 Å². The molecule has 0 radical (unpaired) electrons. The summed E-state index contributed by atoms with van der Waals surface area (Å²) in [6, 6.07) is 15.5. The number of hydrogen-bond donors (Lipinski definition) is 1. The zero-order valence-electron chi connectivity index (χ0n) is 16.5. The molecule has 2 aliphatic heterocycles. The average Bonchev–Trinajstić information content (AvgIpc) is 3.15. The molecule has 4 rings (SSSR count). The van der Waals surface area contributed by atoms with Crippen LogP contribution in [-0.4, -0.2) is 51.7 Å². The zero-order chi connectivity index (χ0) is 20.2. The molecule has 0 unspecified atom stereocenters. The second kappa shape index (κ2) is 8.43. The number of nitrogens with one attached hydrogen (secondary N) is 1. The first-order chi connectivity index (χ1) is 14.1. The topological polar surface area (TPSA) is 71.1 Å². The summed E-state index contributed by atoms with van der Waals surface area (Å²) in [4.78, 5) is 28.8. The molecule has 2 heterocycles. The van der Waals surface area contributed by atoms with E-state index in [0.717, 1.165) is 11.4 Å². The monoisotopic (exact) mass is 395 g/mol. The number of hydrogen-bond acceptors (Lipinski definition) is 5. The largest absolute Gasteiger partial charge is 0.486 e. The number of nitrogens with zero attached hydrogens (tertiary/aromatic N) is 2. The van der Waals surface area contributed by atoms with E-state index in [4.69, 9.17) is 9.47 Å². The molecule has 2 aromatic carbocycles. The molecule has 0 bridgehead atoms. The van der Waals surface area contributed by atoms with Crippen molar-refractivity contribution in [2.24, 2.45) is 5.92 Å². The van der Waals surface area contributed by atoms with Crippen molar-refractivity contribution in [3.8, 4) is 11.5 Å². The molecular weight excluding hydrogens is 370 g/mol. The first kappa shape index (κ1) is 19.1. The first-order valence-electron chi connectivity index (χ1n) is 9.86. The Balaban J connectivity index is 1.31. The van der Waals surface area contributed by atoms with Crippen LogP contribution >= 0.6 is 0 Å². The van der Waals surface area contributed by atoms with Gasteiger partial charge in [0.15, 0.2) is 11.5 Å². The molecule has 7 nitrogen and oxygen atoms in total. The highest BCUT2D eigenvalue weighted by molar-refractivity contribution is 6.00. The Morgan fingerprint density at radius 2 is 1.90 bits per heavy atom. The van der Waals surface area contributed by atoms with Gasteiger partial charge in [0.1, 0.15) is 13.2 Å². The minimum atomic E-state index is -0.349. The van der Waals surface area contributed by atoms with E-state index in [1.165, 1.54) is 0 Å². The van der Waals surface area contributed by atoms with E-state index >= 15 is 0 Å². The van der Waals surface area contributed by atoms with Crippen molar-refractivity contribution in [3.05, 3.63) is 48.5 Å². The second-order valence-electron chi connectivity index (χ2n) is 7.28. The highest BCUT2D eigenvalue weighted by atomic mass is 16.6. The van der Waals surface area contributed by atoms with Crippen molar-refractivity contribution in [3.63, 3.8) is 0 Å². The summed E-state index contributed by atoms with van der Waals surface area (Å²) in [5, 5.41) is 2.96. The number of fused-ring (bicyclic) bond motifs is 1. The van der Waals surface area contributed by atoms with E-state index in [2.05, 4.69) is 10.2 Å². The Morgan fingerprint density at radius 3 is 2.69 bits per heavy atom. The van der Waals surface area contributed by atoms with Gasteiger partial charge in [-0.15, -0.1) is 0 Å². The molecule has 1 N–H and O–H groups in total. The van der Waals surface area contributed by atoms with Crippen molar-refractivity contribution >= 4 is 23.2 Å². The van der Waals surface area contributed by atoms with Gasteiger partial charge in [0.2, 0.25) is 11.8 Å². The van der Waals surface area contributed by atoms with Gasteiger partial charge in [-0.3, -0.25) is 9.59 Å². The van der Waals surface area contributed by atoms with E-state index in [1.54, 1.807) is 4.90 Å². The number of carbonyl (C=O) groups is 2. The Kier molecular flexibility index (Phi) is 5.55. The van der Waals surface area contributed by atoms with Gasteiger partial charge in [0.25, 0.3) is 0 Å². The predicted octanol–water partition coefficient (Wildman–Crippen LogP) is 2.06. The lowest BCUT2D eigenvalue weighted by Crippen LogP contribution is -2.37. The summed E-state index contributed by atoms with van der Waals surface area (Å²) in [5.74, 6) is 0.836. The van der Waals surface area contributed by atoms with Crippen molar-refractivity contribution in [1.29, 1.82) is 0 Å². The van der Waals surface area contributed by atoms with E-state index in [0.29, 0.717) is 44.3 Å². The molecule has 0 saturated carbocycles. The molecule has 0 spiro atoms. The predicted molar refractivity (Wildman–Crippen MR) is 111 cm³/mol. The van der Waals surface area contributed by atoms with Crippen LogP contribution in [0, 0.1) is 5.92 Å². The van der Waals surface area contributed by atoms with Crippen LogP contribution in [-0.2, 0) is 9.59 Å². The van der Waals surface area contributed by atoms with Gasteiger partial charge in [-0.05, 0) is 24.3 Å². The van der Waals surface area contributed by atoms with Crippen LogP contribution in [0.25, 0.3) is 0 Å². The van der Waals surface area contributed by atoms with Crippen molar-refractivity contribution < 1.29 is 19.1 Å². The molecule has 7 heteroatoms. The standard InChI is InChI=1S/C22H25N3O4/c1-24(17-5-3-2-4-6-17)10-9-23-22(27)16-13-21(26)25(15-16)18-7-8-19-20(14-18)29-12-11-28-19/h2-8,14,16H,9-13,15H2,1H3,(H,23,27)/t16-/m1/s1. The molecule has 2 aromatic rings. The lowest BCUT2D eigenvalue weighted by molar-refractivity contribution is -0.126. The Labute approximate surface area is 170 Å². The fourth-order valence-electron chi connectivity index (χ4n) is 3.64. The maximum absolute atomic E-state index is 12.6. The molecule has 0 aromatic heterocycles. The van der Waals surface area contributed by atoms with E-state index in [1.807, 2.05) is 55.6 Å². The third-order valence-electron chi connectivity index (χ3n) is 5.28. The zero-order valence-corrected chi connectivity index (χ0v) is 16.5. The SMILES string of the molecule is CN(CCNC(=O)[C@@H]1CC(=O)N(c2ccc3c(c2)OCCO3)C1)c1ccccc1. The summed E-state index contributed by atoms with van der Waals surface area (Å²) in [7, 11) is 1.99. The first-order valence-corrected chi connectivity index (χ1v) is 9.86.